The fourth-order valence-electron chi connectivity index (χ4n) is 6.11. The van der Waals surface area contributed by atoms with E-state index in [-0.39, 0.29) is 30.7 Å². The number of benzene rings is 2. The highest BCUT2D eigenvalue weighted by Gasteiger charge is 2.50. The van der Waals surface area contributed by atoms with Crippen LogP contribution >= 0.6 is 0 Å². The zero-order valence-corrected chi connectivity index (χ0v) is 23.5. The van der Waals surface area contributed by atoms with Crippen LogP contribution in [0.2, 0.25) is 0 Å². The van der Waals surface area contributed by atoms with Crippen LogP contribution in [0.5, 0.6) is 0 Å². The molecule has 0 bridgehead atoms. The summed E-state index contributed by atoms with van der Waals surface area (Å²) in [4.78, 5) is 2.32. The van der Waals surface area contributed by atoms with E-state index in [0.717, 1.165) is 24.9 Å². The molecule has 0 amide bonds. The third-order valence-corrected chi connectivity index (χ3v) is 10.4. The Labute approximate surface area is 223 Å². The van der Waals surface area contributed by atoms with Gasteiger partial charge in [-0.25, -0.2) is 8.42 Å². The Hall–Kier alpha value is -1.81. The number of nitrogens with one attached hydrogen (secondary N) is 1. The topological polar surface area (TPSA) is 98.9 Å². The van der Waals surface area contributed by atoms with Gasteiger partial charge in [0.2, 0.25) is 10.0 Å². The molecule has 4 rings (SSSR count). The maximum Gasteiger partial charge on any atom is 0.230 e. The first-order chi connectivity index (χ1) is 17.7. The first kappa shape index (κ1) is 28.2. The van der Waals surface area contributed by atoms with E-state index in [1.54, 1.807) is 4.31 Å². The molecule has 0 aromatic heterocycles. The molecule has 2 fully saturated rings. The van der Waals surface area contributed by atoms with Crippen molar-refractivity contribution in [3.63, 3.8) is 0 Å². The van der Waals surface area contributed by atoms with E-state index < -0.39 is 15.4 Å². The second-order valence-corrected chi connectivity index (χ2v) is 13.1. The van der Waals surface area contributed by atoms with Crippen LogP contribution in [0.1, 0.15) is 55.7 Å². The summed E-state index contributed by atoms with van der Waals surface area (Å²) in [7, 11) is -3.57. The van der Waals surface area contributed by atoms with E-state index in [9.17, 15) is 13.5 Å². The fraction of sp³-hybridized carbons (Fsp3) is 0.586. The quantitative estimate of drug-likeness (QED) is 0.462. The normalized spacial score (nSPS) is 24.2. The van der Waals surface area contributed by atoms with Crippen molar-refractivity contribution in [3.8, 4) is 11.1 Å². The van der Waals surface area contributed by atoms with E-state index in [4.69, 9.17) is 5.73 Å². The predicted molar refractivity (Wildman–Crippen MR) is 151 cm³/mol. The molecular formula is C29H44N4O3S. The monoisotopic (exact) mass is 528 g/mol. The first-order valence-electron chi connectivity index (χ1n) is 13.7. The van der Waals surface area contributed by atoms with Crippen LogP contribution in [0.15, 0.2) is 42.5 Å². The van der Waals surface area contributed by atoms with Gasteiger partial charge >= 0.3 is 0 Å². The number of hydrogen-bond acceptors (Lipinski definition) is 6. The molecule has 2 aromatic rings. The Balaban J connectivity index is 1.60. The van der Waals surface area contributed by atoms with Gasteiger partial charge in [0, 0.05) is 37.1 Å². The Morgan fingerprint density at radius 3 is 2.43 bits per heavy atom. The number of aliphatic hydroxyl groups excluding tert-OH is 1. The number of fused-ring (bicyclic) bond motifs is 1. The molecule has 204 valence electrons. The van der Waals surface area contributed by atoms with Crippen LogP contribution in [0.25, 0.3) is 11.1 Å². The van der Waals surface area contributed by atoms with Gasteiger partial charge in [-0.15, -0.1) is 0 Å². The molecule has 2 heterocycles. The van der Waals surface area contributed by atoms with Gasteiger partial charge in [-0.3, -0.25) is 10.2 Å². The second-order valence-electron chi connectivity index (χ2n) is 10.9. The average molecular weight is 529 g/mol. The van der Waals surface area contributed by atoms with E-state index in [2.05, 4.69) is 66.5 Å². The number of nitrogens with zero attached hydrogens (tertiary/aromatic N) is 2. The van der Waals surface area contributed by atoms with Gasteiger partial charge in [0.25, 0.3) is 0 Å². The summed E-state index contributed by atoms with van der Waals surface area (Å²) in [6, 6.07) is 15.1. The molecule has 2 saturated heterocycles. The lowest BCUT2D eigenvalue weighted by atomic mass is 9.74. The molecule has 7 nitrogen and oxygen atoms in total. The molecule has 4 N–H and O–H groups in total. The third-order valence-electron chi connectivity index (χ3n) is 8.21. The molecule has 2 aliphatic heterocycles. The van der Waals surface area contributed by atoms with Crippen molar-refractivity contribution >= 4 is 10.0 Å². The number of aryl methyl sites for hydroxylation is 1. The lowest BCUT2D eigenvalue weighted by Gasteiger charge is -2.57. The minimum atomic E-state index is -3.57. The van der Waals surface area contributed by atoms with Crippen LogP contribution < -0.4 is 11.1 Å². The minimum absolute atomic E-state index is 0.00726. The first-order valence-corrected chi connectivity index (χ1v) is 15.2. The van der Waals surface area contributed by atoms with Gasteiger partial charge in [0.15, 0.2) is 0 Å². The van der Waals surface area contributed by atoms with E-state index in [0.29, 0.717) is 26.1 Å². The molecule has 2 aromatic carbocycles. The molecular weight excluding hydrogens is 484 g/mol. The number of hydrogen-bond donors (Lipinski definition) is 3. The number of nitrogens with two attached hydrogens (primary N) is 1. The van der Waals surface area contributed by atoms with Crippen molar-refractivity contribution in [2.24, 2.45) is 5.73 Å². The standard InChI is InChI=1S/C29H44N4O3S/c1-20(2)31-28(14-15-30)37(35,36)32-16-5-6-17-33-26(18-32)29(27(33)19-34)24-12-10-23(11-13-24)25-9-7-8-21(3)22(25)4/h7-13,20,26-29,31,34H,5-6,14-19,30H2,1-4H3/t26-,27?,28?,29?/m0/s1. The van der Waals surface area contributed by atoms with E-state index >= 15 is 0 Å². The summed E-state index contributed by atoms with van der Waals surface area (Å²) in [6.07, 6.45) is 2.11. The minimum Gasteiger partial charge on any atom is -0.395 e. The smallest absolute Gasteiger partial charge is 0.230 e. The molecule has 0 spiro atoms. The molecule has 0 saturated carbocycles. The van der Waals surface area contributed by atoms with Crippen molar-refractivity contribution in [3.05, 3.63) is 59.2 Å². The second kappa shape index (κ2) is 11.9. The van der Waals surface area contributed by atoms with Crippen molar-refractivity contribution in [2.75, 3.05) is 32.8 Å². The highest BCUT2D eigenvalue weighted by molar-refractivity contribution is 7.89. The highest BCUT2D eigenvalue weighted by Crippen LogP contribution is 2.43. The number of sulfonamides is 1. The Morgan fingerprint density at radius 2 is 1.78 bits per heavy atom. The summed E-state index contributed by atoms with van der Waals surface area (Å²) in [6.45, 7) is 10.4. The van der Waals surface area contributed by atoms with Gasteiger partial charge < -0.3 is 10.8 Å². The van der Waals surface area contributed by atoms with Crippen molar-refractivity contribution in [1.29, 1.82) is 0 Å². The van der Waals surface area contributed by atoms with Crippen LogP contribution in [-0.2, 0) is 10.0 Å². The fourth-order valence-corrected chi connectivity index (χ4v) is 8.09. The van der Waals surface area contributed by atoms with Crippen molar-refractivity contribution < 1.29 is 13.5 Å². The van der Waals surface area contributed by atoms with Gasteiger partial charge in [-0.2, -0.15) is 4.31 Å². The summed E-state index contributed by atoms with van der Waals surface area (Å²) in [5.41, 5.74) is 11.9. The summed E-state index contributed by atoms with van der Waals surface area (Å²) in [5.74, 6) is 0.0828. The van der Waals surface area contributed by atoms with E-state index in [1.165, 1.54) is 22.3 Å². The maximum atomic E-state index is 13.7. The Kier molecular flexibility index (Phi) is 9.09. The van der Waals surface area contributed by atoms with Crippen LogP contribution in [0.3, 0.4) is 0 Å². The SMILES string of the molecule is Cc1cccc(-c2ccc(C3C(CO)N4CCCCN(S(=O)(=O)C(CCN)NC(C)C)C[C@@H]34)cc2)c1C. The Morgan fingerprint density at radius 1 is 1.08 bits per heavy atom. The Bertz CT molecular complexity index is 1150. The molecule has 0 radical (unpaired) electrons. The van der Waals surface area contributed by atoms with Crippen molar-refractivity contribution in [2.45, 2.75) is 76.4 Å². The molecule has 3 unspecified atom stereocenters. The third kappa shape index (κ3) is 5.79. The number of aliphatic hydroxyl groups is 1. The zero-order valence-electron chi connectivity index (χ0n) is 22.7. The maximum absolute atomic E-state index is 13.7. The zero-order chi connectivity index (χ0) is 26.7. The summed E-state index contributed by atoms with van der Waals surface area (Å²) >= 11 is 0. The van der Waals surface area contributed by atoms with Gasteiger partial charge in [-0.05, 0) is 87.9 Å². The largest absolute Gasteiger partial charge is 0.395 e. The number of rotatable bonds is 9. The van der Waals surface area contributed by atoms with Gasteiger partial charge in [-0.1, -0.05) is 42.5 Å². The summed E-state index contributed by atoms with van der Waals surface area (Å²) < 4.78 is 29.2. The average Bonchev–Trinajstić information content (AvgIpc) is 2.84. The van der Waals surface area contributed by atoms with Gasteiger partial charge in [0.05, 0.1) is 6.61 Å². The van der Waals surface area contributed by atoms with Crippen LogP contribution in [0, 0.1) is 13.8 Å². The van der Waals surface area contributed by atoms with Crippen LogP contribution in [-0.4, -0.2) is 79.0 Å². The lowest BCUT2D eigenvalue weighted by molar-refractivity contribution is -0.0555. The van der Waals surface area contributed by atoms with Crippen LogP contribution in [0.4, 0.5) is 0 Å². The molecule has 4 atom stereocenters. The van der Waals surface area contributed by atoms with Gasteiger partial charge in [0.1, 0.15) is 5.37 Å². The molecule has 37 heavy (non-hydrogen) atoms. The van der Waals surface area contributed by atoms with E-state index in [1.807, 2.05) is 13.8 Å². The molecule has 2 aliphatic rings. The summed E-state index contributed by atoms with van der Waals surface area (Å²) in [5, 5.41) is 12.8. The molecule has 0 aliphatic carbocycles. The molecule has 8 heteroatoms. The predicted octanol–water partition coefficient (Wildman–Crippen LogP) is 3.20. The van der Waals surface area contributed by atoms with Crippen molar-refractivity contribution in [1.82, 2.24) is 14.5 Å². The lowest BCUT2D eigenvalue weighted by Crippen LogP contribution is -2.68. The highest BCUT2D eigenvalue weighted by atomic mass is 32.2.